The average Bonchev–Trinajstić information content (AvgIpc) is 1.64. The summed E-state index contributed by atoms with van der Waals surface area (Å²) in [6, 6.07) is 0. The number of hydrogen-bond acceptors (Lipinski definition) is 5. The predicted molar refractivity (Wildman–Crippen MR) is 24.6 cm³/mol. The molecule has 0 aromatic heterocycles. The van der Waals surface area contributed by atoms with Crippen molar-refractivity contribution in [3.05, 3.63) is 0 Å². The van der Waals surface area contributed by atoms with Crippen LogP contribution in [0.1, 0.15) is 6.92 Å². The third-order valence-electron chi connectivity index (χ3n) is 0.491. The zero-order valence-electron chi connectivity index (χ0n) is 4.70. The summed E-state index contributed by atoms with van der Waals surface area (Å²) in [4.78, 5) is 29.4. The molecule has 0 spiro atoms. The fourth-order valence-corrected chi connectivity index (χ4v) is 0.490. The van der Waals surface area contributed by atoms with E-state index in [1.807, 2.05) is 0 Å². The smallest absolute Gasteiger partial charge is 0.334 e. The standard InChI is InChI=1S/C3H7O5P/c1-2-8-3(4)9(5,6)7/h2H2,1H3,(H2,5,6,7)/p-2. The molecule has 9 heavy (non-hydrogen) atoms. The van der Waals surface area contributed by atoms with Gasteiger partial charge in [-0.15, -0.1) is 0 Å². The third-order valence-corrected chi connectivity index (χ3v) is 1.07. The van der Waals surface area contributed by atoms with E-state index < -0.39 is 13.3 Å². The Hall–Kier alpha value is -0.380. The van der Waals surface area contributed by atoms with Crippen molar-refractivity contribution in [3.63, 3.8) is 0 Å². The lowest BCUT2D eigenvalue weighted by Gasteiger charge is -2.25. The van der Waals surface area contributed by atoms with E-state index in [1.54, 1.807) is 0 Å². The van der Waals surface area contributed by atoms with Crippen LogP contribution in [0.3, 0.4) is 0 Å². The van der Waals surface area contributed by atoms with Crippen molar-refractivity contribution in [2.24, 2.45) is 0 Å². The first-order chi connectivity index (χ1) is 3.98. The fraction of sp³-hybridized carbons (Fsp3) is 0.667. The Morgan fingerprint density at radius 3 is 2.22 bits per heavy atom. The molecule has 0 bridgehead atoms. The van der Waals surface area contributed by atoms with Gasteiger partial charge in [-0.05, 0) is 6.92 Å². The van der Waals surface area contributed by atoms with Gasteiger partial charge < -0.3 is 19.1 Å². The molecule has 0 aromatic carbocycles. The van der Waals surface area contributed by atoms with Gasteiger partial charge in [-0.2, -0.15) is 0 Å². The van der Waals surface area contributed by atoms with Crippen LogP contribution in [0.2, 0.25) is 0 Å². The largest absolute Gasteiger partial charge is 0.803 e. The maximum atomic E-state index is 9.95. The normalized spacial score (nSPS) is 11.0. The van der Waals surface area contributed by atoms with Crippen LogP contribution in [0.25, 0.3) is 0 Å². The first-order valence-corrected chi connectivity index (χ1v) is 3.72. The van der Waals surface area contributed by atoms with Gasteiger partial charge in [0, 0.05) is 7.60 Å². The van der Waals surface area contributed by atoms with Gasteiger partial charge >= 0.3 is 5.71 Å². The molecule has 0 rings (SSSR count). The van der Waals surface area contributed by atoms with Gasteiger partial charge in [0.1, 0.15) is 0 Å². The lowest BCUT2D eigenvalue weighted by atomic mass is 10.9. The molecular weight excluding hydrogens is 147 g/mol. The fourth-order valence-electron chi connectivity index (χ4n) is 0.203. The second kappa shape index (κ2) is 2.96. The van der Waals surface area contributed by atoms with Crippen molar-refractivity contribution in [1.29, 1.82) is 0 Å². The molecule has 0 aromatic rings. The second-order valence-electron chi connectivity index (χ2n) is 1.20. The Bertz CT molecular complexity index is 146. The van der Waals surface area contributed by atoms with Crippen LogP contribution >= 0.6 is 7.60 Å². The van der Waals surface area contributed by atoms with E-state index in [0.717, 1.165) is 0 Å². The van der Waals surface area contributed by atoms with Crippen molar-refractivity contribution in [3.8, 4) is 0 Å². The Labute approximate surface area is 51.8 Å². The van der Waals surface area contributed by atoms with Crippen LogP contribution in [0, 0.1) is 0 Å². The molecule has 0 amide bonds. The van der Waals surface area contributed by atoms with Gasteiger partial charge in [0.25, 0.3) is 0 Å². The molecule has 0 aliphatic heterocycles. The highest BCUT2D eigenvalue weighted by Crippen LogP contribution is 2.25. The Morgan fingerprint density at radius 1 is 1.67 bits per heavy atom. The first kappa shape index (κ1) is 8.62. The Kier molecular flexibility index (Phi) is 2.84. The molecule has 6 heteroatoms. The quantitative estimate of drug-likeness (QED) is 0.476. The molecule has 0 N–H and O–H groups in total. The predicted octanol–water partition coefficient (Wildman–Crippen LogP) is -0.943. The number of hydrogen-bond donors (Lipinski definition) is 0. The van der Waals surface area contributed by atoms with E-state index in [-0.39, 0.29) is 6.61 Å². The average molecular weight is 152 g/mol. The summed E-state index contributed by atoms with van der Waals surface area (Å²) in [6.45, 7) is 1.31. The van der Waals surface area contributed by atoms with Crippen molar-refractivity contribution in [1.82, 2.24) is 0 Å². The number of rotatable bonds is 2. The minimum absolute atomic E-state index is 0.104. The molecule has 0 saturated carbocycles. The van der Waals surface area contributed by atoms with Crippen LogP contribution in [-0.4, -0.2) is 12.3 Å². The molecule has 0 aliphatic carbocycles. The van der Waals surface area contributed by atoms with Gasteiger partial charge in [-0.1, -0.05) is 0 Å². The minimum atomic E-state index is -5.13. The van der Waals surface area contributed by atoms with Gasteiger partial charge in [-0.3, -0.25) is 0 Å². The van der Waals surface area contributed by atoms with Crippen LogP contribution in [0.4, 0.5) is 4.79 Å². The van der Waals surface area contributed by atoms with Gasteiger partial charge in [-0.25, -0.2) is 4.79 Å². The summed E-state index contributed by atoms with van der Waals surface area (Å²) < 4.78 is 13.6. The van der Waals surface area contributed by atoms with Crippen molar-refractivity contribution >= 4 is 13.3 Å². The monoisotopic (exact) mass is 152 g/mol. The highest BCUT2D eigenvalue weighted by atomic mass is 31.2. The summed E-state index contributed by atoms with van der Waals surface area (Å²) in [5.74, 6) is 0. The molecule has 0 aliphatic rings. The Morgan fingerprint density at radius 2 is 2.11 bits per heavy atom. The van der Waals surface area contributed by atoms with Gasteiger partial charge in [0.2, 0.25) is 0 Å². The van der Waals surface area contributed by atoms with E-state index in [1.165, 1.54) is 6.92 Å². The highest BCUT2D eigenvalue weighted by molar-refractivity contribution is 7.66. The summed E-state index contributed by atoms with van der Waals surface area (Å²) >= 11 is 0. The molecule has 0 atom stereocenters. The van der Waals surface area contributed by atoms with E-state index in [9.17, 15) is 19.1 Å². The zero-order valence-corrected chi connectivity index (χ0v) is 5.59. The summed E-state index contributed by atoms with van der Waals surface area (Å²) in [6.07, 6.45) is 0. The lowest BCUT2D eigenvalue weighted by molar-refractivity contribution is -0.309. The topological polar surface area (TPSA) is 89.5 Å². The number of carbonyl (C=O) groups excluding carboxylic acids is 1. The first-order valence-electron chi connectivity index (χ1n) is 2.18. The summed E-state index contributed by atoms with van der Waals surface area (Å²) in [7, 11) is -5.13. The lowest BCUT2D eigenvalue weighted by Crippen LogP contribution is -2.22. The molecule has 0 radical (unpaired) electrons. The van der Waals surface area contributed by atoms with Crippen LogP contribution in [0.5, 0.6) is 0 Å². The number of carbonyl (C=O) groups is 1. The van der Waals surface area contributed by atoms with Crippen molar-refractivity contribution in [2.75, 3.05) is 6.61 Å². The molecular formula is C3H5O5P-2. The van der Waals surface area contributed by atoms with Gasteiger partial charge in [0.15, 0.2) is 0 Å². The molecule has 5 nitrogen and oxygen atoms in total. The second-order valence-corrected chi connectivity index (χ2v) is 2.56. The summed E-state index contributed by atoms with van der Waals surface area (Å²) in [5, 5.41) is 0. The third kappa shape index (κ3) is 3.24. The minimum Gasteiger partial charge on any atom is -0.803 e. The van der Waals surface area contributed by atoms with Crippen LogP contribution in [-0.2, 0) is 9.30 Å². The van der Waals surface area contributed by atoms with E-state index in [0.29, 0.717) is 0 Å². The Balaban J connectivity index is 3.90. The van der Waals surface area contributed by atoms with E-state index in [2.05, 4.69) is 4.74 Å². The maximum absolute atomic E-state index is 9.95. The van der Waals surface area contributed by atoms with Crippen molar-refractivity contribution < 1.29 is 23.9 Å². The van der Waals surface area contributed by atoms with E-state index >= 15 is 0 Å². The molecule has 0 saturated heterocycles. The summed E-state index contributed by atoms with van der Waals surface area (Å²) in [5.41, 5.74) is -1.69. The maximum Gasteiger partial charge on any atom is 0.334 e. The number of ether oxygens (including phenoxy) is 1. The zero-order chi connectivity index (χ0) is 7.49. The molecule has 0 heterocycles. The van der Waals surface area contributed by atoms with Crippen molar-refractivity contribution in [2.45, 2.75) is 6.92 Å². The highest BCUT2D eigenvalue weighted by Gasteiger charge is 2.04. The molecule has 0 unspecified atom stereocenters. The van der Waals surface area contributed by atoms with Crippen LogP contribution < -0.4 is 9.79 Å². The molecule has 54 valence electrons. The van der Waals surface area contributed by atoms with Crippen LogP contribution in [0.15, 0.2) is 0 Å². The van der Waals surface area contributed by atoms with E-state index in [4.69, 9.17) is 0 Å². The SMILES string of the molecule is CCOC(=O)P(=O)([O-])[O-]. The van der Waals surface area contributed by atoms with Gasteiger partial charge in [0.05, 0.1) is 6.61 Å². The molecule has 0 fully saturated rings.